The first-order valence-electron chi connectivity index (χ1n) is 11.8. The highest BCUT2D eigenvalue weighted by molar-refractivity contribution is 6.30. The molecule has 1 saturated heterocycles. The number of benzene rings is 2. The summed E-state index contributed by atoms with van der Waals surface area (Å²) >= 11 is 0. The number of phenolic OH excluding ortho intramolecular Hbond substituents is 2. The Labute approximate surface area is 209 Å². The van der Waals surface area contributed by atoms with Gasteiger partial charge >= 0.3 is 0 Å². The molecule has 10 nitrogen and oxygen atoms in total. The first-order chi connectivity index (χ1) is 17.5. The number of hydrogen-bond acceptors (Lipinski definition) is 10. The molecule has 0 saturated carbocycles. The van der Waals surface area contributed by atoms with Crippen LogP contribution in [-0.2, 0) is 20.7 Å². The van der Waals surface area contributed by atoms with E-state index < -0.39 is 95.8 Å². The highest BCUT2D eigenvalue weighted by atomic mass is 19.1. The first-order valence-corrected chi connectivity index (χ1v) is 11.8. The summed E-state index contributed by atoms with van der Waals surface area (Å²) in [5.41, 5.74) is -3.70. The predicted molar refractivity (Wildman–Crippen MR) is 122 cm³/mol. The van der Waals surface area contributed by atoms with Crippen molar-refractivity contribution in [2.24, 2.45) is 0 Å². The summed E-state index contributed by atoms with van der Waals surface area (Å²) in [5, 5.41) is 53.7. The third-order valence-electron chi connectivity index (χ3n) is 7.41. The quantitative estimate of drug-likeness (QED) is 0.315. The number of carbonyl (C=O) groups excluding carboxylic acids is 3. The fraction of sp³-hybridized carbons (Fsp3) is 0.423. The van der Waals surface area contributed by atoms with Gasteiger partial charge in [-0.25, -0.2) is 4.39 Å². The standard InChI is InChI=1S/C26H25FO10/c1-10-21(30)14(28)6-17(36-10)37-15-8-26(35,16(29)9-27)7-13-18(15)25(34)20-19(24(13)33)22(31)11-4-2-3-5-12(11)23(20)32/h2-5,10,14-15,17,21,28,30,33-35H,6-9H2,1H3/t10-,14-,15-,17-,21+,26-/m0/s1. The molecule has 0 bridgehead atoms. The number of phenols is 2. The molecule has 6 atom stereocenters. The number of Topliss-reactive ketones (excluding diaryl/α,β-unsaturated/α-hetero) is 1. The summed E-state index contributed by atoms with van der Waals surface area (Å²) in [6.45, 7) is -0.0362. The zero-order chi connectivity index (χ0) is 26.8. The van der Waals surface area contributed by atoms with Crippen LogP contribution in [0.25, 0.3) is 0 Å². The molecule has 2 aromatic rings. The number of aliphatic hydroxyl groups excluding tert-OH is 2. The molecule has 2 aromatic carbocycles. The van der Waals surface area contributed by atoms with E-state index in [1.807, 2.05) is 0 Å². The number of aliphatic hydroxyl groups is 3. The summed E-state index contributed by atoms with van der Waals surface area (Å²) in [4.78, 5) is 39.0. The van der Waals surface area contributed by atoms with E-state index in [0.717, 1.165) is 0 Å². The van der Waals surface area contributed by atoms with Crippen molar-refractivity contribution < 1.29 is 53.8 Å². The molecule has 1 fully saturated rings. The molecular formula is C26H25FO10. The Morgan fingerprint density at radius 2 is 1.70 bits per heavy atom. The summed E-state index contributed by atoms with van der Waals surface area (Å²) in [6, 6.07) is 5.87. The number of ether oxygens (including phenoxy) is 2. The second-order valence-corrected chi connectivity index (χ2v) is 9.70. The van der Waals surface area contributed by atoms with Crippen molar-refractivity contribution in [3.63, 3.8) is 0 Å². The van der Waals surface area contributed by atoms with Crippen LogP contribution in [0.5, 0.6) is 11.5 Å². The fourth-order valence-electron chi connectivity index (χ4n) is 5.43. The smallest absolute Gasteiger partial charge is 0.198 e. The topological polar surface area (TPSA) is 171 Å². The normalized spacial score (nSPS) is 30.9. The Kier molecular flexibility index (Phi) is 6.16. The minimum Gasteiger partial charge on any atom is -0.507 e. The van der Waals surface area contributed by atoms with Gasteiger partial charge < -0.3 is 35.0 Å². The van der Waals surface area contributed by atoms with Gasteiger partial charge in [-0.3, -0.25) is 14.4 Å². The third-order valence-corrected chi connectivity index (χ3v) is 7.41. The maximum atomic E-state index is 13.4. The van der Waals surface area contributed by atoms with Crippen LogP contribution >= 0.6 is 0 Å². The summed E-state index contributed by atoms with van der Waals surface area (Å²) in [5.74, 6) is -4.08. The van der Waals surface area contributed by atoms with Gasteiger partial charge in [0.2, 0.25) is 0 Å². The van der Waals surface area contributed by atoms with Crippen LogP contribution < -0.4 is 0 Å². The molecule has 0 aromatic heterocycles. The van der Waals surface area contributed by atoms with E-state index in [2.05, 4.69) is 0 Å². The second kappa shape index (κ2) is 8.96. The molecule has 0 spiro atoms. The van der Waals surface area contributed by atoms with Gasteiger partial charge in [0.15, 0.2) is 30.3 Å². The lowest BCUT2D eigenvalue weighted by Gasteiger charge is -2.41. The molecule has 1 aliphatic heterocycles. The lowest BCUT2D eigenvalue weighted by Crippen LogP contribution is -2.50. The van der Waals surface area contributed by atoms with E-state index in [9.17, 15) is 44.3 Å². The minimum absolute atomic E-state index is 0.00509. The Bertz CT molecular complexity index is 1310. The molecule has 196 valence electrons. The predicted octanol–water partition coefficient (Wildman–Crippen LogP) is 1.00. The van der Waals surface area contributed by atoms with Crippen LogP contribution in [0.3, 0.4) is 0 Å². The summed E-state index contributed by atoms with van der Waals surface area (Å²) in [6.07, 6.45) is -7.32. The number of aromatic hydroxyl groups is 2. The largest absolute Gasteiger partial charge is 0.507 e. The van der Waals surface area contributed by atoms with E-state index in [0.29, 0.717) is 0 Å². The van der Waals surface area contributed by atoms with E-state index in [1.54, 1.807) is 6.07 Å². The van der Waals surface area contributed by atoms with Crippen molar-refractivity contribution in [2.75, 3.05) is 6.67 Å². The zero-order valence-corrected chi connectivity index (χ0v) is 19.7. The Hall–Kier alpha value is -3.22. The summed E-state index contributed by atoms with van der Waals surface area (Å²) < 4.78 is 24.9. The third kappa shape index (κ3) is 3.85. The Morgan fingerprint density at radius 3 is 2.27 bits per heavy atom. The van der Waals surface area contributed by atoms with Gasteiger partial charge in [0.1, 0.15) is 23.2 Å². The van der Waals surface area contributed by atoms with E-state index >= 15 is 0 Å². The monoisotopic (exact) mass is 516 g/mol. The average molecular weight is 516 g/mol. The van der Waals surface area contributed by atoms with Crippen LogP contribution in [0.15, 0.2) is 24.3 Å². The number of fused-ring (bicyclic) bond motifs is 3. The Balaban J connectivity index is 1.67. The first kappa shape index (κ1) is 25.4. The van der Waals surface area contributed by atoms with Gasteiger partial charge in [0, 0.05) is 41.5 Å². The highest BCUT2D eigenvalue weighted by Crippen LogP contribution is 2.52. The molecule has 0 radical (unpaired) electrons. The number of halogens is 1. The molecule has 1 heterocycles. The van der Waals surface area contributed by atoms with Gasteiger partial charge in [-0.1, -0.05) is 24.3 Å². The van der Waals surface area contributed by atoms with E-state index in [-0.39, 0.29) is 28.7 Å². The van der Waals surface area contributed by atoms with Crippen LogP contribution in [-0.4, -0.2) is 79.8 Å². The minimum atomic E-state index is -2.37. The molecular weight excluding hydrogens is 491 g/mol. The highest BCUT2D eigenvalue weighted by Gasteiger charge is 2.50. The number of carbonyl (C=O) groups is 3. The molecule has 2 aliphatic carbocycles. The lowest BCUT2D eigenvalue weighted by atomic mass is 9.72. The van der Waals surface area contributed by atoms with Crippen LogP contribution in [0.2, 0.25) is 0 Å². The van der Waals surface area contributed by atoms with Crippen LogP contribution in [0, 0.1) is 0 Å². The SMILES string of the molecule is C[C@@H]1O[C@@H](O[C@H]2C[C@](O)(C(=O)CF)Cc3c(O)c4c(c(O)c32)C(=O)c2ccccc2C4=O)C[C@H](O)[C@@H]1O. The van der Waals surface area contributed by atoms with Gasteiger partial charge in [-0.2, -0.15) is 0 Å². The van der Waals surface area contributed by atoms with Gasteiger partial charge in [-0.05, 0) is 6.92 Å². The zero-order valence-electron chi connectivity index (χ0n) is 19.7. The lowest BCUT2D eigenvalue weighted by molar-refractivity contribution is -0.265. The van der Waals surface area contributed by atoms with Crippen molar-refractivity contribution in [1.29, 1.82) is 0 Å². The van der Waals surface area contributed by atoms with Crippen LogP contribution in [0.1, 0.15) is 68.8 Å². The second-order valence-electron chi connectivity index (χ2n) is 9.70. The van der Waals surface area contributed by atoms with Crippen LogP contribution in [0.4, 0.5) is 4.39 Å². The molecule has 3 aliphatic rings. The van der Waals surface area contributed by atoms with Gasteiger partial charge in [-0.15, -0.1) is 0 Å². The van der Waals surface area contributed by atoms with E-state index in [4.69, 9.17) is 9.47 Å². The average Bonchev–Trinajstić information content (AvgIpc) is 2.87. The van der Waals surface area contributed by atoms with Crippen molar-refractivity contribution >= 4 is 17.3 Å². The number of ketones is 3. The molecule has 5 N–H and O–H groups in total. The van der Waals surface area contributed by atoms with E-state index in [1.165, 1.54) is 25.1 Å². The number of rotatable bonds is 4. The molecule has 0 unspecified atom stereocenters. The molecule has 0 amide bonds. The molecule has 37 heavy (non-hydrogen) atoms. The van der Waals surface area contributed by atoms with Crippen molar-refractivity contribution in [2.45, 2.75) is 62.5 Å². The maximum absolute atomic E-state index is 13.4. The summed E-state index contributed by atoms with van der Waals surface area (Å²) in [7, 11) is 0. The number of hydrogen-bond donors (Lipinski definition) is 5. The maximum Gasteiger partial charge on any atom is 0.198 e. The fourth-order valence-corrected chi connectivity index (χ4v) is 5.43. The molecule has 11 heteroatoms. The van der Waals surface area contributed by atoms with Crippen molar-refractivity contribution in [3.05, 3.63) is 57.6 Å². The van der Waals surface area contributed by atoms with Gasteiger partial charge in [0.05, 0.1) is 29.4 Å². The Morgan fingerprint density at radius 1 is 1.11 bits per heavy atom. The van der Waals surface area contributed by atoms with Crippen molar-refractivity contribution in [1.82, 2.24) is 0 Å². The van der Waals surface area contributed by atoms with Crippen molar-refractivity contribution in [3.8, 4) is 11.5 Å². The number of alkyl halides is 1. The van der Waals surface area contributed by atoms with Gasteiger partial charge in [0.25, 0.3) is 0 Å². The molecule has 5 rings (SSSR count).